The van der Waals surface area contributed by atoms with Gasteiger partial charge in [-0.05, 0) is 44.9 Å². The molecule has 0 bridgehead atoms. The molecule has 0 aromatic carbocycles. The number of carbonyl (C=O) groups excluding carboxylic acids is 1. The summed E-state index contributed by atoms with van der Waals surface area (Å²) in [7, 11) is 0. The van der Waals surface area contributed by atoms with Crippen LogP contribution in [-0.2, 0) is 14.3 Å². The number of nitrogens with one attached hydrogen (secondary N) is 1. The van der Waals surface area contributed by atoms with E-state index in [1.807, 2.05) is 0 Å². The zero-order valence-electron chi connectivity index (χ0n) is 49.6. The largest absolute Gasteiger partial charge is 0.394 e. The smallest absolute Gasteiger partial charge is 0.220 e. The quantitative estimate of drug-likeness (QED) is 0.0261. The van der Waals surface area contributed by atoms with E-state index in [1.165, 1.54) is 263 Å². The van der Waals surface area contributed by atoms with Crippen LogP contribution in [0.15, 0.2) is 24.3 Å². The molecule has 9 heteroatoms. The summed E-state index contributed by atoms with van der Waals surface area (Å²) in [5.41, 5.74) is 0. The highest BCUT2D eigenvalue weighted by Gasteiger charge is 2.44. The fourth-order valence-electron chi connectivity index (χ4n) is 10.8. The number of unbranched alkanes of at least 4 members (excludes halogenated alkanes) is 44. The third kappa shape index (κ3) is 45.1. The van der Waals surface area contributed by atoms with E-state index in [1.54, 1.807) is 0 Å². The average Bonchev–Trinajstić information content (AvgIpc) is 3.41. The number of hydrogen-bond acceptors (Lipinski definition) is 8. The van der Waals surface area contributed by atoms with Gasteiger partial charge in [0.25, 0.3) is 0 Å². The van der Waals surface area contributed by atoms with Gasteiger partial charge in [-0.25, -0.2) is 0 Å². The molecule has 1 saturated heterocycles. The van der Waals surface area contributed by atoms with Crippen molar-refractivity contribution in [2.24, 2.45) is 0 Å². The predicted molar refractivity (Wildman–Crippen MR) is 318 cm³/mol. The van der Waals surface area contributed by atoms with Crippen LogP contribution in [0.2, 0.25) is 0 Å². The highest BCUT2D eigenvalue weighted by atomic mass is 16.7. The molecule has 6 N–H and O–H groups in total. The average molecular weight is 1060 g/mol. The van der Waals surface area contributed by atoms with Crippen molar-refractivity contribution < 1.29 is 39.8 Å². The fraction of sp³-hybridized carbons (Fsp3) is 0.924. The first-order valence-corrected chi connectivity index (χ1v) is 33.0. The molecule has 0 aromatic heterocycles. The monoisotopic (exact) mass is 1060 g/mol. The lowest BCUT2D eigenvalue weighted by molar-refractivity contribution is -0.302. The summed E-state index contributed by atoms with van der Waals surface area (Å²) in [6.45, 7) is 3.88. The van der Waals surface area contributed by atoms with Crippen molar-refractivity contribution in [3.63, 3.8) is 0 Å². The van der Waals surface area contributed by atoms with Crippen LogP contribution in [0.3, 0.4) is 0 Å². The molecule has 1 fully saturated rings. The molecule has 75 heavy (non-hydrogen) atoms. The molecule has 9 nitrogen and oxygen atoms in total. The molecule has 1 heterocycles. The van der Waals surface area contributed by atoms with Crippen LogP contribution in [-0.4, -0.2) is 87.5 Å². The molecule has 0 radical (unpaired) electrons. The van der Waals surface area contributed by atoms with Gasteiger partial charge in [0.15, 0.2) is 6.29 Å². The lowest BCUT2D eigenvalue weighted by Gasteiger charge is -2.40. The number of hydrogen-bond donors (Lipinski definition) is 6. The Balaban J connectivity index is 2.13. The Morgan fingerprint density at radius 2 is 0.787 bits per heavy atom. The normalized spacial score (nSPS) is 18.9. The molecule has 444 valence electrons. The second kappa shape index (κ2) is 56.0. The summed E-state index contributed by atoms with van der Waals surface area (Å²) in [6.07, 6.45) is 65.1. The molecule has 7 atom stereocenters. The maximum Gasteiger partial charge on any atom is 0.220 e. The lowest BCUT2D eigenvalue weighted by Crippen LogP contribution is -2.60. The summed E-state index contributed by atoms with van der Waals surface area (Å²) in [5.74, 6) is -0.137. The summed E-state index contributed by atoms with van der Waals surface area (Å²) in [6, 6.07) is -0.718. The lowest BCUT2D eigenvalue weighted by atomic mass is 9.99. The van der Waals surface area contributed by atoms with Crippen molar-refractivity contribution in [3.05, 3.63) is 24.3 Å². The molecule has 0 saturated carbocycles. The first-order valence-electron chi connectivity index (χ1n) is 33.0. The highest BCUT2D eigenvalue weighted by molar-refractivity contribution is 5.76. The van der Waals surface area contributed by atoms with Crippen LogP contribution in [0.1, 0.15) is 335 Å². The van der Waals surface area contributed by atoms with E-state index in [0.717, 1.165) is 44.9 Å². The van der Waals surface area contributed by atoms with Gasteiger partial charge >= 0.3 is 0 Å². The first kappa shape index (κ1) is 71.7. The minimum atomic E-state index is -1.55. The minimum Gasteiger partial charge on any atom is -0.394 e. The number of rotatable bonds is 58. The van der Waals surface area contributed by atoms with E-state index < -0.39 is 49.5 Å². The fourth-order valence-corrected chi connectivity index (χ4v) is 10.8. The van der Waals surface area contributed by atoms with Gasteiger partial charge in [0, 0.05) is 6.42 Å². The van der Waals surface area contributed by atoms with Gasteiger partial charge in [0.05, 0.1) is 25.4 Å². The number of carbonyl (C=O) groups is 1. The molecule has 0 spiro atoms. The summed E-state index contributed by atoms with van der Waals surface area (Å²) in [4.78, 5) is 13.1. The maximum absolute atomic E-state index is 13.1. The third-order valence-corrected chi connectivity index (χ3v) is 16.1. The van der Waals surface area contributed by atoms with Crippen molar-refractivity contribution in [1.29, 1.82) is 0 Å². The van der Waals surface area contributed by atoms with E-state index in [4.69, 9.17) is 9.47 Å². The Morgan fingerprint density at radius 3 is 1.15 bits per heavy atom. The number of aliphatic hydroxyl groups excluding tert-OH is 5. The van der Waals surface area contributed by atoms with Gasteiger partial charge < -0.3 is 40.3 Å². The second-order valence-electron chi connectivity index (χ2n) is 23.3. The van der Waals surface area contributed by atoms with Crippen LogP contribution in [0.4, 0.5) is 0 Å². The van der Waals surface area contributed by atoms with Crippen LogP contribution >= 0.6 is 0 Å². The number of aliphatic hydroxyl groups is 5. The van der Waals surface area contributed by atoms with Crippen LogP contribution in [0.5, 0.6) is 0 Å². The van der Waals surface area contributed by atoms with Gasteiger partial charge in [-0.2, -0.15) is 0 Å². The second-order valence-corrected chi connectivity index (χ2v) is 23.3. The van der Waals surface area contributed by atoms with Crippen LogP contribution < -0.4 is 5.32 Å². The Bertz CT molecular complexity index is 1230. The number of ether oxygens (including phenoxy) is 2. The number of amides is 1. The molecule has 0 aliphatic carbocycles. The first-order chi connectivity index (χ1) is 36.8. The Kier molecular flexibility index (Phi) is 53.5. The van der Waals surface area contributed by atoms with E-state index in [0.29, 0.717) is 12.8 Å². The van der Waals surface area contributed by atoms with Crippen molar-refractivity contribution in [2.45, 2.75) is 378 Å². The van der Waals surface area contributed by atoms with Gasteiger partial charge in [-0.15, -0.1) is 0 Å². The molecule has 1 rings (SSSR count). The zero-order valence-corrected chi connectivity index (χ0v) is 49.6. The summed E-state index contributed by atoms with van der Waals surface area (Å²) < 4.78 is 11.4. The summed E-state index contributed by atoms with van der Waals surface area (Å²) in [5, 5.41) is 54.9. The number of allylic oxidation sites excluding steroid dienone is 4. The van der Waals surface area contributed by atoms with Crippen LogP contribution in [0.25, 0.3) is 0 Å². The van der Waals surface area contributed by atoms with Gasteiger partial charge in [-0.1, -0.05) is 308 Å². The SMILES string of the molecule is CCCCCCC/C=C\C/C=C\CCCCCCCCCCCCCCCCCCCC(=O)NC(COC1OC(CO)C(O)C(O)C1O)C(O)CCCCCCCCCCCCCCCCCCCCCCCCC. The van der Waals surface area contributed by atoms with Gasteiger partial charge in [0.1, 0.15) is 24.4 Å². The standard InChI is InChI=1S/C66H127NO8/c1-3-5-7-9-11-13-15-17-19-21-23-25-27-28-29-30-31-32-34-36-38-40-42-44-46-48-50-52-54-56-62(70)67-59(58-74-66-65(73)64(72)63(71)61(57-68)75-66)60(69)55-53-51-49-47-45-43-41-39-37-35-33-26-24-22-20-18-16-14-12-10-8-6-4-2/h15,17,21,23,59-61,63-66,68-69,71-73H,3-14,16,18-20,22,24-58H2,1-2H3,(H,67,70)/b17-15-,23-21-. The molecule has 1 amide bonds. The van der Waals surface area contributed by atoms with E-state index in [2.05, 4.69) is 43.5 Å². The minimum absolute atomic E-state index is 0.133. The molecule has 7 unspecified atom stereocenters. The maximum atomic E-state index is 13.1. The summed E-state index contributed by atoms with van der Waals surface area (Å²) >= 11 is 0. The van der Waals surface area contributed by atoms with Crippen molar-refractivity contribution in [1.82, 2.24) is 5.32 Å². The Labute approximate surface area is 464 Å². The van der Waals surface area contributed by atoms with Gasteiger partial charge in [0.2, 0.25) is 5.91 Å². The molecule has 1 aliphatic rings. The molecule has 0 aromatic rings. The van der Waals surface area contributed by atoms with E-state index in [9.17, 15) is 30.3 Å². The zero-order chi connectivity index (χ0) is 54.3. The van der Waals surface area contributed by atoms with Crippen molar-refractivity contribution in [3.8, 4) is 0 Å². The van der Waals surface area contributed by atoms with Crippen molar-refractivity contribution in [2.75, 3.05) is 13.2 Å². The van der Waals surface area contributed by atoms with E-state index >= 15 is 0 Å². The van der Waals surface area contributed by atoms with Gasteiger partial charge in [-0.3, -0.25) is 4.79 Å². The third-order valence-electron chi connectivity index (χ3n) is 16.1. The Hall–Kier alpha value is -1.33. The van der Waals surface area contributed by atoms with E-state index in [-0.39, 0.29) is 12.5 Å². The molecule has 1 aliphatic heterocycles. The molecular weight excluding hydrogens is 935 g/mol. The predicted octanol–water partition coefficient (Wildman–Crippen LogP) is 17.3. The highest BCUT2D eigenvalue weighted by Crippen LogP contribution is 2.24. The Morgan fingerprint density at radius 1 is 0.453 bits per heavy atom. The molecular formula is C66H127NO8. The van der Waals surface area contributed by atoms with Crippen molar-refractivity contribution >= 4 is 5.91 Å². The topological polar surface area (TPSA) is 149 Å². The van der Waals surface area contributed by atoms with Crippen LogP contribution in [0, 0.1) is 0 Å².